The lowest BCUT2D eigenvalue weighted by Crippen LogP contribution is -2.45. The van der Waals surface area contributed by atoms with E-state index in [-0.39, 0.29) is 0 Å². The van der Waals surface area contributed by atoms with E-state index in [0.717, 1.165) is 19.4 Å². The van der Waals surface area contributed by atoms with E-state index in [4.69, 9.17) is 0 Å². The monoisotopic (exact) mass is 245 g/mol. The Balaban J connectivity index is 1.75. The average molecular weight is 245 g/mol. The van der Waals surface area contributed by atoms with E-state index in [9.17, 15) is 8.42 Å². The van der Waals surface area contributed by atoms with E-state index in [1.165, 1.54) is 25.7 Å². The van der Waals surface area contributed by atoms with E-state index in [2.05, 4.69) is 12.2 Å². The van der Waals surface area contributed by atoms with Gasteiger partial charge in [-0.2, -0.15) is 0 Å². The van der Waals surface area contributed by atoms with Crippen LogP contribution in [0.25, 0.3) is 0 Å². The molecule has 0 aromatic carbocycles. The van der Waals surface area contributed by atoms with Crippen LogP contribution in [0.4, 0.5) is 0 Å². The quantitative estimate of drug-likeness (QED) is 0.820. The molecule has 1 aliphatic carbocycles. The molecule has 0 unspecified atom stereocenters. The van der Waals surface area contributed by atoms with Gasteiger partial charge in [-0.05, 0) is 37.5 Å². The van der Waals surface area contributed by atoms with Gasteiger partial charge in [-0.1, -0.05) is 13.3 Å². The van der Waals surface area contributed by atoms with Crippen LogP contribution in [0.3, 0.4) is 0 Å². The predicted molar refractivity (Wildman–Crippen MR) is 66.3 cm³/mol. The largest absolute Gasteiger partial charge is 0.313 e. The fourth-order valence-corrected chi connectivity index (χ4v) is 4.28. The fraction of sp³-hybridized carbons (Fsp3) is 1.00. The SMILES string of the molecule is CCC1(CNC2CCS(=O)(=O)CC2)CCC1. The van der Waals surface area contributed by atoms with Crippen LogP contribution in [0.2, 0.25) is 0 Å². The number of sulfone groups is 1. The molecule has 1 heterocycles. The van der Waals surface area contributed by atoms with Gasteiger partial charge < -0.3 is 5.32 Å². The molecule has 16 heavy (non-hydrogen) atoms. The van der Waals surface area contributed by atoms with E-state index < -0.39 is 9.84 Å². The van der Waals surface area contributed by atoms with Crippen LogP contribution < -0.4 is 5.32 Å². The summed E-state index contributed by atoms with van der Waals surface area (Å²) in [6, 6.07) is 0.438. The summed E-state index contributed by atoms with van der Waals surface area (Å²) in [4.78, 5) is 0. The first-order valence-electron chi connectivity index (χ1n) is 6.49. The van der Waals surface area contributed by atoms with Gasteiger partial charge in [0.25, 0.3) is 0 Å². The summed E-state index contributed by atoms with van der Waals surface area (Å²) >= 11 is 0. The molecule has 1 N–H and O–H groups in total. The highest BCUT2D eigenvalue weighted by Crippen LogP contribution is 2.43. The molecule has 1 saturated carbocycles. The molecule has 0 spiro atoms. The molecule has 0 aromatic rings. The van der Waals surface area contributed by atoms with Crippen molar-refractivity contribution in [3.05, 3.63) is 0 Å². The summed E-state index contributed by atoms with van der Waals surface area (Å²) in [7, 11) is -2.71. The third kappa shape index (κ3) is 2.77. The molecule has 0 aromatic heterocycles. The van der Waals surface area contributed by atoms with Crippen molar-refractivity contribution in [1.82, 2.24) is 5.32 Å². The highest BCUT2D eigenvalue weighted by atomic mass is 32.2. The molecule has 3 nitrogen and oxygen atoms in total. The van der Waals surface area contributed by atoms with Crippen LogP contribution in [-0.2, 0) is 9.84 Å². The second kappa shape index (κ2) is 4.65. The Hall–Kier alpha value is -0.0900. The maximum absolute atomic E-state index is 11.3. The second-order valence-corrected chi connectivity index (χ2v) is 7.82. The van der Waals surface area contributed by atoms with Crippen molar-refractivity contribution >= 4 is 9.84 Å². The van der Waals surface area contributed by atoms with E-state index in [1.807, 2.05) is 0 Å². The molecule has 0 atom stereocenters. The van der Waals surface area contributed by atoms with Gasteiger partial charge in [0.1, 0.15) is 9.84 Å². The van der Waals surface area contributed by atoms with Gasteiger partial charge in [0.2, 0.25) is 0 Å². The predicted octanol–water partition coefficient (Wildman–Crippen LogP) is 1.73. The number of hydrogen-bond donors (Lipinski definition) is 1. The van der Waals surface area contributed by atoms with Gasteiger partial charge in [-0.15, -0.1) is 0 Å². The van der Waals surface area contributed by atoms with Crippen LogP contribution in [0, 0.1) is 5.41 Å². The van der Waals surface area contributed by atoms with Crippen molar-refractivity contribution in [3.63, 3.8) is 0 Å². The fourth-order valence-electron chi connectivity index (χ4n) is 2.79. The lowest BCUT2D eigenvalue weighted by molar-refractivity contribution is 0.118. The summed E-state index contributed by atoms with van der Waals surface area (Å²) in [5, 5.41) is 3.59. The first-order valence-corrected chi connectivity index (χ1v) is 8.31. The zero-order valence-electron chi connectivity index (χ0n) is 10.2. The highest BCUT2D eigenvalue weighted by Gasteiger charge is 2.35. The summed E-state index contributed by atoms with van der Waals surface area (Å²) in [6.07, 6.45) is 6.94. The van der Waals surface area contributed by atoms with Crippen LogP contribution >= 0.6 is 0 Å². The standard InChI is InChI=1S/C12H23NO2S/c1-2-12(6-3-7-12)10-13-11-4-8-16(14,15)9-5-11/h11,13H,2-10H2,1H3. The van der Waals surface area contributed by atoms with E-state index >= 15 is 0 Å². The molecule has 0 amide bonds. The van der Waals surface area contributed by atoms with Crippen molar-refractivity contribution in [2.45, 2.75) is 51.5 Å². The first kappa shape index (κ1) is 12.4. The minimum Gasteiger partial charge on any atom is -0.313 e. The van der Waals surface area contributed by atoms with Crippen LogP contribution in [0.15, 0.2) is 0 Å². The molecule has 0 bridgehead atoms. The van der Waals surface area contributed by atoms with Gasteiger partial charge in [0.15, 0.2) is 0 Å². The zero-order chi connectivity index (χ0) is 11.6. The van der Waals surface area contributed by atoms with Crippen molar-refractivity contribution in [2.75, 3.05) is 18.1 Å². The topological polar surface area (TPSA) is 46.2 Å². The molecular weight excluding hydrogens is 222 g/mol. The lowest BCUT2D eigenvalue weighted by atomic mass is 9.67. The minimum atomic E-state index is -2.71. The highest BCUT2D eigenvalue weighted by molar-refractivity contribution is 7.91. The molecule has 0 radical (unpaired) electrons. The molecule has 4 heteroatoms. The molecule has 2 rings (SSSR count). The third-order valence-electron chi connectivity index (χ3n) is 4.48. The molecule has 2 fully saturated rings. The van der Waals surface area contributed by atoms with Crippen LogP contribution in [0.1, 0.15) is 45.4 Å². The third-order valence-corrected chi connectivity index (χ3v) is 6.20. The average Bonchev–Trinajstić information content (AvgIpc) is 2.19. The van der Waals surface area contributed by atoms with Crippen molar-refractivity contribution < 1.29 is 8.42 Å². The number of nitrogens with one attached hydrogen (secondary N) is 1. The van der Waals surface area contributed by atoms with Crippen molar-refractivity contribution in [1.29, 1.82) is 0 Å². The van der Waals surface area contributed by atoms with E-state index in [1.54, 1.807) is 0 Å². The van der Waals surface area contributed by atoms with Crippen molar-refractivity contribution in [3.8, 4) is 0 Å². The van der Waals surface area contributed by atoms with E-state index in [0.29, 0.717) is 23.0 Å². The maximum atomic E-state index is 11.3. The van der Waals surface area contributed by atoms with Crippen molar-refractivity contribution in [2.24, 2.45) is 5.41 Å². The lowest BCUT2D eigenvalue weighted by Gasteiger charge is -2.42. The van der Waals surface area contributed by atoms with Gasteiger partial charge in [-0.3, -0.25) is 0 Å². The summed E-state index contributed by atoms with van der Waals surface area (Å²) < 4.78 is 22.6. The summed E-state index contributed by atoms with van der Waals surface area (Å²) in [5.41, 5.74) is 0.538. The molecule has 94 valence electrons. The Morgan fingerprint density at radius 1 is 1.25 bits per heavy atom. The van der Waals surface area contributed by atoms with Gasteiger partial charge in [0.05, 0.1) is 11.5 Å². The molecule has 2 aliphatic rings. The number of hydrogen-bond acceptors (Lipinski definition) is 3. The van der Waals surface area contributed by atoms with Gasteiger partial charge >= 0.3 is 0 Å². The number of rotatable bonds is 4. The second-order valence-electron chi connectivity index (χ2n) is 5.51. The Bertz CT molecular complexity index is 313. The van der Waals surface area contributed by atoms with Crippen LogP contribution in [-0.4, -0.2) is 32.5 Å². The Labute approximate surface area is 98.9 Å². The molecule has 1 aliphatic heterocycles. The summed E-state index contributed by atoms with van der Waals surface area (Å²) in [5.74, 6) is 0.758. The normalized spacial score (nSPS) is 28.6. The summed E-state index contributed by atoms with van der Waals surface area (Å²) in [6.45, 7) is 3.36. The molecule has 1 saturated heterocycles. The smallest absolute Gasteiger partial charge is 0.150 e. The maximum Gasteiger partial charge on any atom is 0.150 e. The Morgan fingerprint density at radius 2 is 1.88 bits per heavy atom. The molecular formula is C12H23NO2S. The minimum absolute atomic E-state index is 0.379. The van der Waals surface area contributed by atoms with Crippen LogP contribution in [0.5, 0.6) is 0 Å². The Kier molecular flexibility index (Phi) is 3.59. The van der Waals surface area contributed by atoms with Gasteiger partial charge in [0, 0.05) is 12.6 Å². The zero-order valence-corrected chi connectivity index (χ0v) is 11.0. The van der Waals surface area contributed by atoms with Gasteiger partial charge in [-0.25, -0.2) is 8.42 Å². The Morgan fingerprint density at radius 3 is 2.31 bits per heavy atom. The first-order chi connectivity index (χ1) is 7.55.